The third-order valence-corrected chi connectivity index (χ3v) is 3.83. The SMILES string of the molecule is Cc1ccc(O)c(C(=O)O[C@@H](C)C(=O)Nc2ccc3c(c2)OCCO3)c1. The van der Waals surface area contributed by atoms with Crippen molar-refractivity contribution in [3.8, 4) is 17.2 Å². The van der Waals surface area contributed by atoms with E-state index in [1.54, 1.807) is 31.2 Å². The Kier molecular flexibility index (Phi) is 4.97. The van der Waals surface area contributed by atoms with Crippen LogP contribution in [0.25, 0.3) is 0 Å². The van der Waals surface area contributed by atoms with Crippen molar-refractivity contribution in [2.75, 3.05) is 18.5 Å². The van der Waals surface area contributed by atoms with E-state index < -0.39 is 18.0 Å². The molecule has 136 valence electrons. The normalized spacial score (nSPS) is 13.6. The lowest BCUT2D eigenvalue weighted by Crippen LogP contribution is -2.30. The molecule has 0 spiro atoms. The maximum Gasteiger partial charge on any atom is 0.342 e. The molecular weight excluding hydrogens is 338 g/mol. The lowest BCUT2D eigenvalue weighted by atomic mass is 10.1. The highest BCUT2D eigenvalue weighted by Gasteiger charge is 2.22. The van der Waals surface area contributed by atoms with Crippen molar-refractivity contribution in [3.05, 3.63) is 47.5 Å². The van der Waals surface area contributed by atoms with Crippen LogP contribution in [0.2, 0.25) is 0 Å². The number of aryl methyl sites for hydroxylation is 1. The fourth-order valence-electron chi connectivity index (χ4n) is 2.46. The molecular formula is C19H19NO6. The quantitative estimate of drug-likeness (QED) is 0.817. The van der Waals surface area contributed by atoms with Crippen molar-refractivity contribution in [1.29, 1.82) is 0 Å². The molecule has 0 aromatic heterocycles. The van der Waals surface area contributed by atoms with E-state index in [2.05, 4.69) is 5.32 Å². The van der Waals surface area contributed by atoms with Crippen molar-refractivity contribution in [3.63, 3.8) is 0 Å². The van der Waals surface area contributed by atoms with Gasteiger partial charge < -0.3 is 24.6 Å². The number of esters is 1. The minimum Gasteiger partial charge on any atom is -0.507 e. The van der Waals surface area contributed by atoms with E-state index in [1.165, 1.54) is 19.1 Å². The number of hydrogen-bond acceptors (Lipinski definition) is 6. The van der Waals surface area contributed by atoms with Crippen LogP contribution in [0.3, 0.4) is 0 Å². The number of ether oxygens (including phenoxy) is 3. The van der Waals surface area contributed by atoms with Gasteiger partial charge in [-0.1, -0.05) is 11.6 Å². The highest BCUT2D eigenvalue weighted by Crippen LogP contribution is 2.32. The molecule has 1 heterocycles. The summed E-state index contributed by atoms with van der Waals surface area (Å²) in [4.78, 5) is 24.5. The van der Waals surface area contributed by atoms with Crippen molar-refractivity contribution in [1.82, 2.24) is 0 Å². The van der Waals surface area contributed by atoms with Crippen LogP contribution >= 0.6 is 0 Å². The second kappa shape index (κ2) is 7.35. The summed E-state index contributed by atoms with van der Waals surface area (Å²) in [5, 5.41) is 12.4. The van der Waals surface area contributed by atoms with Crippen LogP contribution in [-0.2, 0) is 9.53 Å². The molecule has 1 amide bonds. The highest BCUT2D eigenvalue weighted by molar-refractivity contribution is 5.98. The van der Waals surface area contributed by atoms with Gasteiger partial charge in [0.2, 0.25) is 0 Å². The van der Waals surface area contributed by atoms with Crippen LogP contribution in [0.15, 0.2) is 36.4 Å². The molecule has 0 bridgehead atoms. The fraction of sp³-hybridized carbons (Fsp3) is 0.263. The largest absolute Gasteiger partial charge is 0.507 e. The zero-order valence-electron chi connectivity index (χ0n) is 14.4. The molecule has 2 aromatic carbocycles. The molecule has 0 aliphatic carbocycles. The minimum absolute atomic E-state index is 0.0176. The smallest absolute Gasteiger partial charge is 0.342 e. The van der Waals surface area contributed by atoms with Crippen molar-refractivity contribution < 1.29 is 28.9 Å². The molecule has 7 heteroatoms. The number of rotatable bonds is 4. The third kappa shape index (κ3) is 3.88. The predicted molar refractivity (Wildman–Crippen MR) is 93.8 cm³/mol. The number of phenolic OH excluding ortho intramolecular Hbond substituents is 1. The first-order chi connectivity index (χ1) is 12.4. The standard InChI is InChI=1S/C19H19NO6/c1-11-3-5-15(21)14(9-11)19(23)26-12(2)18(22)20-13-4-6-16-17(10-13)25-8-7-24-16/h3-6,9-10,12,21H,7-8H2,1-2H3,(H,20,22)/t12-/m0/s1. The molecule has 7 nitrogen and oxygen atoms in total. The van der Waals surface area contributed by atoms with Crippen LogP contribution in [-0.4, -0.2) is 36.3 Å². The Bertz CT molecular complexity index is 848. The second-order valence-electron chi connectivity index (χ2n) is 5.92. The second-order valence-corrected chi connectivity index (χ2v) is 5.92. The average Bonchev–Trinajstić information content (AvgIpc) is 2.63. The summed E-state index contributed by atoms with van der Waals surface area (Å²) in [6.45, 7) is 4.17. The first kappa shape index (κ1) is 17.6. The number of nitrogens with one attached hydrogen (secondary N) is 1. The lowest BCUT2D eigenvalue weighted by molar-refractivity contribution is -0.123. The minimum atomic E-state index is -1.05. The maximum atomic E-state index is 12.3. The molecule has 1 atom stereocenters. The number of phenols is 1. The van der Waals surface area contributed by atoms with Crippen LogP contribution in [0.4, 0.5) is 5.69 Å². The number of benzene rings is 2. The Labute approximate surface area is 150 Å². The van der Waals surface area contributed by atoms with Gasteiger partial charge in [0.15, 0.2) is 17.6 Å². The number of aromatic hydroxyl groups is 1. The number of hydrogen-bond donors (Lipinski definition) is 2. The summed E-state index contributed by atoms with van der Waals surface area (Å²) in [5.74, 6) is -0.301. The molecule has 0 fully saturated rings. The van der Waals surface area contributed by atoms with Gasteiger partial charge in [0, 0.05) is 11.8 Å². The Hall–Kier alpha value is -3.22. The molecule has 0 saturated heterocycles. The van der Waals surface area contributed by atoms with Gasteiger partial charge in [0.25, 0.3) is 5.91 Å². The summed E-state index contributed by atoms with van der Waals surface area (Å²) in [5.41, 5.74) is 1.31. The van der Waals surface area contributed by atoms with Crippen LogP contribution in [0.5, 0.6) is 17.2 Å². The maximum absolute atomic E-state index is 12.3. The Morgan fingerprint density at radius 2 is 1.85 bits per heavy atom. The fourth-order valence-corrected chi connectivity index (χ4v) is 2.46. The number of anilines is 1. The van der Waals surface area contributed by atoms with E-state index in [0.717, 1.165) is 5.56 Å². The van der Waals surface area contributed by atoms with E-state index in [9.17, 15) is 14.7 Å². The molecule has 26 heavy (non-hydrogen) atoms. The molecule has 0 radical (unpaired) electrons. The van der Waals surface area contributed by atoms with Gasteiger partial charge in [0.05, 0.1) is 0 Å². The van der Waals surface area contributed by atoms with E-state index in [1.807, 2.05) is 0 Å². The number of fused-ring (bicyclic) bond motifs is 1. The van der Waals surface area contributed by atoms with Crippen LogP contribution in [0, 0.1) is 6.92 Å². The van der Waals surface area contributed by atoms with Crippen molar-refractivity contribution >= 4 is 17.6 Å². The van der Waals surface area contributed by atoms with Gasteiger partial charge in [-0.2, -0.15) is 0 Å². The molecule has 2 aromatic rings. The Balaban J connectivity index is 1.64. The van der Waals surface area contributed by atoms with Gasteiger partial charge in [-0.25, -0.2) is 4.79 Å². The number of carbonyl (C=O) groups is 2. The number of amides is 1. The monoisotopic (exact) mass is 357 g/mol. The van der Waals surface area contributed by atoms with Gasteiger partial charge >= 0.3 is 5.97 Å². The first-order valence-electron chi connectivity index (χ1n) is 8.15. The average molecular weight is 357 g/mol. The van der Waals surface area contributed by atoms with Gasteiger partial charge in [-0.3, -0.25) is 4.79 Å². The lowest BCUT2D eigenvalue weighted by Gasteiger charge is -2.19. The molecule has 0 saturated carbocycles. The molecule has 0 unspecified atom stereocenters. The Morgan fingerprint density at radius 1 is 1.12 bits per heavy atom. The van der Waals surface area contributed by atoms with Gasteiger partial charge in [-0.15, -0.1) is 0 Å². The number of carbonyl (C=O) groups excluding carboxylic acids is 2. The summed E-state index contributed by atoms with van der Waals surface area (Å²) in [7, 11) is 0. The summed E-state index contributed by atoms with van der Waals surface area (Å²) < 4.78 is 16.0. The van der Waals surface area contributed by atoms with Gasteiger partial charge in [0.1, 0.15) is 24.5 Å². The summed E-state index contributed by atoms with van der Waals surface area (Å²) >= 11 is 0. The van der Waals surface area contributed by atoms with Crippen molar-refractivity contribution in [2.24, 2.45) is 0 Å². The van der Waals surface area contributed by atoms with Crippen LogP contribution < -0.4 is 14.8 Å². The first-order valence-corrected chi connectivity index (χ1v) is 8.15. The molecule has 2 N–H and O–H groups in total. The van der Waals surface area contributed by atoms with E-state index in [-0.39, 0.29) is 11.3 Å². The topological polar surface area (TPSA) is 94.1 Å². The summed E-state index contributed by atoms with van der Waals surface area (Å²) in [6, 6.07) is 9.60. The zero-order valence-corrected chi connectivity index (χ0v) is 14.4. The van der Waals surface area contributed by atoms with E-state index in [0.29, 0.717) is 30.4 Å². The Morgan fingerprint density at radius 3 is 2.62 bits per heavy atom. The molecule has 1 aliphatic rings. The van der Waals surface area contributed by atoms with Crippen LogP contribution in [0.1, 0.15) is 22.8 Å². The third-order valence-electron chi connectivity index (χ3n) is 3.83. The highest BCUT2D eigenvalue weighted by atomic mass is 16.6. The molecule has 3 rings (SSSR count). The van der Waals surface area contributed by atoms with Gasteiger partial charge in [-0.05, 0) is 38.1 Å². The van der Waals surface area contributed by atoms with E-state index in [4.69, 9.17) is 14.2 Å². The predicted octanol–water partition coefficient (Wildman–Crippen LogP) is 2.66. The molecule has 1 aliphatic heterocycles. The summed E-state index contributed by atoms with van der Waals surface area (Å²) in [6.07, 6.45) is -1.05. The van der Waals surface area contributed by atoms with Crippen molar-refractivity contribution in [2.45, 2.75) is 20.0 Å². The van der Waals surface area contributed by atoms with E-state index >= 15 is 0 Å². The zero-order chi connectivity index (χ0) is 18.7.